The summed E-state index contributed by atoms with van der Waals surface area (Å²) in [5.74, 6) is 0.399. The number of nitrogens with zero attached hydrogens (tertiary/aromatic N) is 2. The van der Waals surface area contributed by atoms with Gasteiger partial charge in [-0.1, -0.05) is 31.2 Å². The SMILES string of the molecule is CCCN(Cc1ccc(CNC(=O)O)cc1)C(=O)C1=Cc2sccc2N=C(N)C1. The number of benzene rings is 1. The molecule has 0 saturated heterocycles. The zero-order valence-corrected chi connectivity index (χ0v) is 17.0. The van der Waals surface area contributed by atoms with Gasteiger partial charge in [-0.3, -0.25) is 4.79 Å². The Bertz CT molecular complexity index is 947. The van der Waals surface area contributed by atoms with Crippen molar-refractivity contribution >= 4 is 40.9 Å². The van der Waals surface area contributed by atoms with E-state index in [-0.39, 0.29) is 12.5 Å². The number of hydrogen-bond donors (Lipinski definition) is 3. The highest BCUT2D eigenvalue weighted by Crippen LogP contribution is 2.31. The van der Waals surface area contributed by atoms with Crippen LogP contribution in [0.15, 0.2) is 46.3 Å². The van der Waals surface area contributed by atoms with Crippen molar-refractivity contribution < 1.29 is 14.7 Å². The van der Waals surface area contributed by atoms with E-state index in [1.807, 2.05) is 53.6 Å². The van der Waals surface area contributed by atoms with Gasteiger partial charge in [0.2, 0.25) is 0 Å². The summed E-state index contributed by atoms with van der Waals surface area (Å²) in [7, 11) is 0. The second-order valence-corrected chi connectivity index (χ2v) is 7.77. The van der Waals surface area contributed by atoms with Crippen LogP contribution in [0.3, 0.4) is 0 Å². The molecule has 1 aliphatic heterocycles. The van der Waals surface area contributed by atoms with E-state index in [0.717, 1.165) is 28.1 Å². The molecule has 29 heavy (non-hydrogen) atoms. The summed E-state index contributed by atoms with van der Waals surface area (Å²) in [5, 5.41) is 13.0. The highest BCUT2D eigenvalue weighted by Gasteiger charge is 2.21. The fourth-order valence-corrected chi connectivity index (χ4v) is 3.92. The number of amides is 2. The maximum absolute atomic E-state index is 13.2. The van der Waals surface area contributed by atoms with Gasteiger partial charge in [0.25, 0.3) is 5.91 Å². The second kappa shape index (κ2) is 9.38. The van der Waals surface area contributed by atoms with Gasteiger partial charge in [0.15, 0.2) is 0 Å². The molecule has 0 spiro atoms. The smallest absolute Gasteiger partial charge is 0.404 e. The summed E-state index contributed by atoms with van der Waals surface area (Å²) in [6.07, 6.45) is 2.02. The van der Waals surface area contributed by atoms with E-state index < -0.39 is 6.09 Å². The van der Waals surface area contributed by atoms with E-state index in [2.05, 4.69) is 10.3 Å². The van der Waals surface area contributed by atoms with Crippen molar-refractivity contribution in [1.29, 1.82) is 0 Å². The van der Waals surface area contributed by atoms with Crippen LogP contribution in [0.25, 0.3) is 6.08 Å². The number of carboxylic acid groups (broad SMARTS) is 1. The van der Waals surface area contributed by atoms with Crippen LogP contribution >= 0.6 is 11.3 Å². The Morgan fingerprint density at radius 3 is 2.66 bits per heavy atom. The van der Waals surface area contributed by atoms with Crippen molar-refractivity contribution in [2.75, 3.05) is 6.54 Å². The minimum absolute atomic E-state index is 0.0390. The molecule has 2 aromatic rings. The molecule has 0 bridgehead atoms. The molecule has 0 fully saturated rings. The van der Waals surface area contributed by atoms with Crippen LogP contribution in [0.1, 0.15) is 35.8 Å². The Balaban J connectivity index is 1.75. The molecule has 152 valence electrons. The third-order valence-electron chi connectivity index (χ3n) is 4.51. The lowest BCUT2D eigenvalue weighted by molar-refractivity contribution is -0.127. The first kappa shape index (κ1) is 20.6. The molecule has 0 unspecified atom stereocenters. The summed E-state index contributed by atoms with van der Waals surface area (Å²) in [6, 6.07) is 9.48. The lowest BCUT2D eigenvalue weighted by Gasteiger charge is -2.23. The highest BCUT2D eigenvalue weighted by atomic mass is 32.1. The number of carbonyl (C=O) groups is 2. The quantitative estimate of drug-likeness (QED) is 0.644. The number of rotatable bonds is 7. The molecule has 1 aromatic heterocycles. The molecule has 3 rings (SSSR count). The number of hydrogen-bond acceptors (Lipinski definition) is 5. The number of thiophene rings is 1. The first-order valence-electron chi connectivity index (χ1n) is 9.41. The Kier molecular flexibility index (Phi) is 6.66. The van der Waals surface area contributed by atoms with Gasteiger partial charge in [0, 0.05) is 31.6 Å². The van der Waals surface area contributed by atoms with Crippen molar-refractivity contribution in [3.05, 3.63) is 57.3 Å². The molecule has 0 radical (unpaired) electrons. The van der Waals surface area contributed by atoms with Gasteiger partial charge in [0.1, 0.15) is 5.84 Å². The Hall–Kier alpha value is -3.13. The van der Waals surface area contributed by atoms with Gasteiger partial charge in [-0.2, -0.15) is 0 Å². The molecule has 1 aliphatic rings. The Morgan fingerprint density at radius 1 is 1.24 bits per heavy atom. The van der Waals surface area contributed by atoms with Crippen molar-refractivity contribution in [2.24, 2.45) is 10.7 Å². The topological polar surface area (TPSA) is 108 Å². The monoisotopic (exact) mass is 412 g/mol. The molecule has 0 atom stereocenters. The number of aliphatic imine (C=N–C) groups is 1. The van der Waals surface area contributed by atoms with E-state index in [4.69, 9.17) is 10.8 Å². The van der Waals surface area contributed by atoms with E-state index >= 15 is 0 Å². The molecule has 4 N–H and O–H groups in total. The second-order valence-electron chi connectivity index (χ2n) is 6.82. The van der Waals surface area contributed by atoms with Crippen molar-refractivity contribution in [2.45, 2.75) is 32.9 Å². The van der Waals surface area contributed by atoms with Gasteiger partial charge >= 0.3 is 6.09 Å². The van der Waals surface area contributed by atoms with E-state index in [9.17, 15) is 9.59 Å². The molecule has 1 aromatic carbocycles. The number of fused-ring (bicyclic) bond motifs is 1. The minimum atomic E-state index is -1.05. The lowest BCUT2D eigenvalue weighted by Crippen LogP contribution is -2.33. The third kappa shape index (κ3) is 5.45. The van der Waals surface area contributed by atoms with E-state index in [0.29, 0.717) is 30.9 Å². The van der Waals surface area contributed by atoms with Crippen LogP contribution in [0.5, 0.6) is 0 Å². The third-order valence-corrected chi connectivity index (χ3v) is 5.36. The average molecular weight is 413 g/mol. The molecule has 0 aliphatic carbocycles. The number of carbonyl (C=O) groups excluding carboxylic acids is 1. The zero-order chi connectivity index (χ0) is 20.8. The van der Waals surface area contributed by atoms with Crippen molar-refractivity contribution in [3.8, 4) is 0 Å². The van der Waals surface area contributed by atoms with E-state index in [1.165, 1.54) is 0 Å². The highest BCUT2D eigenvalue weighted by molar-refractivity contribution is 7.11. The fraction of sp³-hybridized carbons (Fsp3) is 0.286. The van der Waals surface area contributed by atoms with Gasteiger partial charge in [-0.05, 0) is 35.1 Å². The average Bonchev–Trinajstić information content (AvgIpc) is 3.05. The van der Waals surface area contributed by atoms with Crippen molar-refractivity contribution in [3.63, 3.8) is 0 Å². The largest absolute Gasteiger partial charge is 0.465 e. The summed E-state index contributed by atoms with van der Waals surface area (Å²) >= 11 is 1.54. The number of nitrogens with two attached hydrogens (primary N) is 1. The fourth-order valence-electron chi connectivity index (χ4n) is 3.14. The van der Waals surface area contributed by atoms with Crippen LogP contribution in [0, 0.1) is 0 Å². The maximum Gasteiger partial charge on any atom is 0.404 e. The number of amidine groups is 1. The van der Waals surface area contributed by atoms with Crippen LogP contribution in [-0.2, 0) is 17.9 Å². The predicted molar refractivity (Wildman–Crippen MR) is 115 cm³/mol. The number of nitrogens with one attached hydrogen (secondary N) is 1. The molecule has 0 saturated carbocycles. The Labute approximate surface area is 173 Å². The molecule has 8 heteroatoms. The van der Waals surface area contributed by atoms with Crippen LogP contribution in [-0.4, -0.2) is 34.4 Å². The predicted octanol–water partition coefficient (Wildman–Crippen LogP) is 3.73. The molecule has 7 nitrogen and oxygen atoms in total. The molecule has 2 amide bonds. The minimum Gasteiger partial charge on any atom is -0.465 e. The summed E-state index contributed by atoms with van der Waals surface area (Å²) < 4.78 is 0. The first-order chi connectivity index (χ1) is 14.0. The summed E-state index contributed by atoms with van der Waals surface area (Å²) in [5.41, 5.74) is 9.33. The molecular formula is C21H24N4O3S. The normalized spacial score (nSPS) is 13.0. The van der Waals surface area contributed by atoms with Crippen LogP contribution < -0.4 is 11.1 Å². The van der Waals surface area contributed by atoms with Gasteiger partial charge in [-0.15, -0.1) is 11.3 Å². The zero-order valence-electron chi connectivity index (χ0n) is 16.2. The van der Waals surface area contributed by atoms with Crippen molar-refractivity contribution in [1.82, 2.24) is 10.2 Å². The first-order valence-corrected chi connectivity index (χ1v) is 10.3. The summed E-state index contributed by atoms with van der Waals surface area (Å²) in [4.78, 5) is 31.0. The van der Waals surface area contributed by atoms with Gasteiger partial charge in [-0.25, -0.2) is 9.79 Å². The maximum atomic E-state index is 13.2. The van der Waals surface area contributed by atoms with Crippen LogP contribution in [0.2, 0.25) is 0 Å². The Morgan fingerprint density at radius 2 is 1.97 bits per heavy atom. The molecule has 2 heterocycles. The standard InChI is InChI=1S/C21H24N4O3S/c1-2-8-25(13-15-5-3-14(4-6-15)12-23-21(27)28)20(26)16-10-18-17(7-9-29-18)24-19(22)11-16/h3-7,9-10,23H,2,8,11-13H2,1H3,(H2,22,24)(H,27,28). The summed E-state index contributed by atoms with van der Waals surface area (Å²) in [6.45, 7) is 3.40. The van der Waals surface area contributed by atoms with Gasteiger partial charge < -0.3 is 21.1 Å². The van der Waals surface area contributed by atoms with Crippen LogP contribution in [0.4, 0.5) is 10.5 Å². The van der Waals surface area contributed by atoms with E-state index in [1.54, 1.807) is 11.3 Å². The molecular weight excluding hydrogens is 388 g/mol. The van der Waals surface area contributed by atoms with Gasteiger partial charge in [0.05, 0.1) is 10.6 Å². The lowest BCUT2D eigenvalue weighted by atomic mass is 10.1.